The van der Waals surface area contributed by atoms with Gasteiger partial charge in [0.15, 0.2) is 5.82 Å². The maximum atomic E-state index is 4.62. The molecule has 0 unspecified atom stereocenters. The van der Waals surface area contributed by atoms with Gasteiger partial charge in [-0.2, -0.15) is 5.10 Å². The minimum absolute atomic E-state index is 0.826. The van der Waals surface area contributed by atoms with Crippen LogP contribution in [0, 0.1) is 0 Å². The van der Waals surface area contributed by atoms with E-state index in [1.54, 1.807) is 10.9 Å². The molecule has 3 rings (SSSR count). The molecule has 98 valence electrons. The second-order valence-corrected chi connectivity index (χ2v) is 4.67. The minimum atomic E-state index is 0.826. The quantitative estimate of drug-likeness (QED) is 0.846. The van der Waals surface area contributed by atoms with Gasteiger partial charge in [-0.15, -0.1) is 0 Å². The molecule has 3 heterocycles. The van der Waals surface area contributed by atoms with E-state index < -0.39 is 0 Å². The zero-order chi connectivity index (χ0) is 13.2. The Bertz CT molecular complexity index is 600. The molecular formula is C14H17N5. The van der Waals surface area contributed by atoms with Crippen LogP contribution in [0.4, 0.5) is 5.69 Å². The fraction of sp³-hybridized carbons (Fsp3) is 0.357. The highest BCUT2D eigenvalue weighted by atomic mass is 15.3. The van der Waals surface area contributed by atoms with Gasteiger partial charge in [0.25, 0.3) is 0 Å². The predicted octanol–water partition coefficient (Wildman–Crippen LogP) is 2.54. The monoisotopic (exact) mass is 255 g/mol. The highest BCUT2D eigenvalue weighted by Gasteiger charge is 2.19. The SMILES string of the molecule is CCCN1Cc2nn(-c3ccccn3)cc2N=C1C. The lowest BCUT2D eigenvalue weighted by Crippen LogP contribution is -2.31. The van der Waals surface area contributed by atoms with E-state index in [1.807, 2.05) is 24.4 Å². The van der Waals surface area contributed by atoms with Crippen molar-refractivity contribution >= 4 is 11.5 Å². The van der Waals surface area contributed by atoms with Gasteiger partial charge in [-0.25, -0.2) is 14.7 Å². The number of fused-ring (bicyclic) bond motifs is 1. The summed E-state index contributed by atoms with van der Waals surface area (Å²) in [5.41, 5.74) is 1.97. The van der Waals surface area contributed by atoms with Crippen LogP contribution in [0.25, 0.3) is 5.82 Å². The van der Waals surface area contributed by atoms with E-state index in [0.717, 1.165) is 42.5 Å². The van der Waals surface area contributed by atoms with Crippen LogP contribution in [0.1, 0.15) is 26.0 Å². The molecule has 0 fully saturated rings. The highest BCUT2D eigenvalue weighted by Crippen LogP contribution is 2.26. The minimum Gasteiger partial charge on any atom is -0.354 e. The molecule has 5 heteroatoms. The number of aliphatic imine (C=N–C) groups is 1. The Morgan fingerprint density at radius 2 is 2.21 bits per heavy atom. The summed E-state index contributed by atoms with van der Waals surface area (Å²) in [6, 6.07) is 5.80. The third-order valence-corrected chi connectivity index (χ3v) is 3.23. The summed E-state index contributed by atoms with van der Waals surface area (Å²) in [5, 5.41) is 4.59. The smallest absolute Gasteiger partial charge is 0.153 e. The van der Waals surface area contributed by atoms with Crippen LogP contribution in [0.2, 0.25) is 0 Å². The number of rotatable bonds is 3. The maximum absolute atomic E-state index is 4.62. The lowest BCUT2D eigenvalue weighted by molar-refractivity contribution is 0.398. The number of amidine groups is 1. The highest BCUT2D eigenvalue weighted by molar-refractivity contribution is 5.84. The first-order chi connectivity index (χ1) is 9.28. The average molecular weight is 255 g/mol. The molecule has 5 nitrogen and oxygen atoms in total. The summed E-state index contributed by atoms with van der Waals surface area (Å²) in [4.78, 5) is 11.2. The summed E-state index contributed by atoms with van der Waals surface area (Å²) in [5.74, 6) is 1.89. The molecule has 0 saturated heterocycles. The van der Waals surface area contributed by atoms with Gasteiger partial charge in [0, 0.05) is 12.7 Å². The van der Waals surface area contributed by atoms with Crippen LogP contribution in [-0.4, -0.2) is 32.0 Å². The first-order valence-corrected chi connectivity index (χ1v) is 6.58. The fourth-order valence-corrected chi connectivity index (χ4v) is 2.26. The Labute approximate surface area is 112 Å². The lowest BCUT2D eigenvalue weighted by Gasteiger charge is -2.25. The van der Waals surface area contributed by atoms with E-state index in [9.17, 15) is 0 Å². The van der Waals surface area contributed by atoms with Crippen molar-refractivity contribution in [3.8, 4) is 5.82 Å². The summed E-state index contributed by atoms with van der Waals surface area (Å²) in [6.45, 7) is 6.08. The molecule has 0 spiro atoms. The number of pyridine rings is 1. The molecule has 2 aromatic heterocycles. The van der Waals surface area contributed by atoms with Gasteiger partial charge in [-0.1, -0.05) is 13.0 Å². The van der Waals surface area contributed by atoms with Crippen LogP contribution < -0.4 is 0 Å². The van der Waals surface area contributed by atoms with Gasteiger partial charge >= 0.3 is 0 Å². The third-order valence-electron chi connectivity index (χ3n) is 3.23. The normalized spacial score (nSPS) is 14.2. The third kappa shape index (κ3) is 2.23. The number of hydrogen-bond acceptors (Lipinski definition) is 4. The Hall–Kier alpha value is -2.17. The van der Waals surface area contributed by atoms with E-state index >= 15 is 0 Å². The van der Waals surface area contributed by atoms with Crippen LogP contribution in [0.5, 0.6) is 0 Å². The topological polar surface area (TPSA) is 46.3 Å². The molecule has 0 atom stereocenters. The van der Waals surface area contributed by atoms with Crippen molar-refractivity contribution < 1.29 is 0 Å². The van der Waals surface area contributed by atoms with E-state index in [4.69, 9.17) is 0 Å². The van der Waals surface area contributed by atoms with Gasteiger partial charge in [0.05, 0.1) is 12.7 Å². The number of aromatic nitrogens is 3. The van der Waals surface area contributed by atoms with E-state index in [1.165, 1.54) is 0 Å². The van der Waals surface area contributed by atoms with Crippen LogP contribution in [0.15, 0.2) is 35.6 Å². The Balaban J connectivity index is 1.94. The molecule has 0 bridgehead atoms. The molecule has 2 aromatic rings. The zero-order valence-electron chi connectivity index (χ0n) is 11.2. The molecule has 19 heavy (non-hydrogen) atoms. The first kappa shape index (κ1) is 11.9. The van der Waals surface area contributed by atoms with Crippen LogP contribution >= 0.6 is 0 Å². The van der Waals surface area contributed by atoms with Gasteiger partial charge < -0.3 is 4.90 Å². The molecule has 1 aliphatic heterocycles. The van der Waals surface area contributed by atoms with E-state index in [0.29, 0.717) is 0 Å². The van der Waals surface area contributed by atoms with Crippen molar-refractivity contribution in [3.63, 3.8) is 0 Å². The van der Waals surface area contributed by atoms with Crippen molar-refractivity contribution in [2.45, 2.75) is 26.8 Å². The second kappa shape index (κ2) is 4.84. The molecular weight excluding hydrogens is 238 g/mol. The van der Waals surface area contributed by atoms with Crippen molar-refractivity contribution in [1.29, 1.82) is 0 Å². The molecule has 0 aromatic carbocycles. The standard InChI is InChI=1S/C14H17N5/c1-3-8-18-9-13-12(16-11(18)2)10-19(17-13)14-6-4-5-7-15-14/h4-7,10H,3,8-9H2,1-2H3. The number of nitrogens with zero attached hydrogens (tertiary/aromatic N) is 5. The number of hydrogen-bond donors (Lipinski definition) is 0. The van der Waals surface area contributed by atoms with Crippen molar-refractivity contribution in [2.24, 2.45) is 4.99 Å². The molecule has 0 amide bonds. The van der Waals surface area contributed by atoms with E-state index in [2.05, 4.69) is 33.8 Å². The first-order valence-electron chi connectivity index (χ1n) is 6.58. The van der Waals surface area contributed by atoms with Gasteiger partial charge in [0.1, 0.15) is 17.2 Å². The fourth-order valence-electron chi connectivity index (χ4n) is 2.26. The Morgan fingerprint density at radius 1 is 1.32 bits per heavy atom. The summed E-state index contributed by atoms with van der Waals surface area (Å²) < 4.78 is 1.80. The summed E-state index contributed by atoms with van der Waals surface area (Å²) in [6.07, 6.45) is 4.83. The molecule has 0 aliphatic carbocycles. The Morgan fingerprint density at radius 3 is 2.95 bits per heavy atom. The second-order valence-electron chi connectivity index (χ2n) is 4.67. The van der Waals surface area contributed by atoms with Gasteiger partial charge in [-0.05, 0) is 25.5 Å². The van der Waals surface area contributed by atoms with Gasteiger partial charge in [-0.3, -0.25) is 0 Å². The lowest BCUT2D eigenvalue weighted by atomic mass is 10.2. The van der Waals surface area contributed by atoms with Crippen LogP contribution in [0.3, 0.4) is 0 Å². The van der Waals surface area contributed by atoms with Crippen LogP contribution in [-0.2, 0) is 6.54 Å². The maximum Gasteiger partial charge on any atom is 0.153 e. The van der Waals surface area contributed by atoms with Crippen molar-refractivity contribution in [3.05, 3.63) is 36.3 Å². The molecule has 0 N–H and O–H groups in total. The molecule has 0 saturated carbocycles. The summed E-state index contributed by atoms with van der Waals surface area (Å²) in [7, 11) is 0. The van der Waals surface area contributed by atoms with Gasteiger partial charge in [0.2, 0.25) is 0 Å². The van der Waals surface area contributed by atoms with E-state index in [-0.39, 0.29) is 0 Å². The van der Waals surface area contributed by atoms with Crippen molar-refractivity contribution in [1.82, 2.24) is 19.7 Å². The average Bonchev–Trinajstić information content (AvgIpc) is 2.83. The summed E-state index contributed by atoms with van der Waals surface area (Å²) >= 11 is 0. The zero-order valence-corrected chi connectivity index (χ0v) is 11.2. The van der Waals surface area contributed by atoms with Crippen molar-refractivity contribution in [2.75, 3.05) is 6.54 Å². The molecule has 0 radical (unpaired) electrons. The molecule has 1 aliphatic rings. The largest absolute Gasteiger partial charge is 0.354 e. The predicted molar refractivity (Wildman–Crippen MR) is 74.8 cm³/mol. The Kier molecular flexibility index (Phi) is 3.03.